The van der Waals surface area contributed by atoms with Crippen LogP contribution in [-0.2, 0) is 19.5 Å². The predicted molar refractivity (Wildman–Crippen MR) is 185 cm³/mol. The van der Waals surface area contributed by atoms with E-state index >= 15 is 0 Å². The van der Waals surface area contributed by atoms with Gasteiger partial charge in [-0.1, -0.05) is 192 Å². The van der Waals surface area contributed by atoms with Crippen molar-refractivity contribution in [3.63, 3.8) is 0 Å². The first-order chi connectivity index (χ1) is 20.8. The van der Waals surface area contributed by atoms with E-state index in [9.17, 15) is 0 Å². The quantitative estimate of drug-likeness (QED) is 0.0643. The Balaban J connectivity index is 1.60. The highest BCUT2D eigenvalue weighted by Gasteiger charge is 2.17. The molecule has 240 valence electrons. The lowest BCUT2D eigenvalue weighted by Gasteiger charge is -2.07. The Morgan fingerprint density at radius 3 is 1.33 bits per heavy atom. The number of nitrogens with zero attached hydrogens (tertiary/aromatic N) is 2. The molecule has 0 N–H and O–H groups in total. The van der Waals surface area contributed by atoms with Crippen LogP contribution < -0.4 is 4.57 Å². The highest BCUT2D eigenvalue weighted by Crippen LogP contribution is 2.15. The molecule has 0 atom stereocenters. The molecule has 0 unspecified atom stereocenters. The third kappa shape index (κ3) is 18.9. The number of imidazole rings is 1. The monoisotopic (exact) mass is 580 g/mol. The predicted octanol–water partition coefficient (Wildman–Crippen LogP) is 12.5. The van der Waals surface area contributed by atoms with Gasteiger partial charge >= 0.3 is 0 Å². The fourth-order valence-electron chi connectivity index (χ4n) is 6.51. The molecule has 0 amide bonds. The first kappa shape index (κ1) is 36.6. The Hall–Kier alpha value is -1.57. The molecule has 1 aromatic heterocycles. The van der Waals surface area contributed by atoms with Crippen molar-refractivity contribution in [3.05, 3.63) is 54.1 Å². The highest BCUT2D eigenvalue weighted by atomic mass is 15.1. The lowest BCUT2D eigenvalue weighted by Crippen LogP contribution is -2.37. The molecule has 2 aromatic rings. The van der Waals surface area contributed by atoms with E-state index in [0.717, 1.165) is 6.54 Å². The second-order valence-corrected chi connectivity index (χ2v) is 13.3. The number of aryl methyl sites for hydroxylation is 1. The average molecular weight is 580 g/mol. The number of rotatable bonds is 30. The van der Waals surface area contributed by atoms with E-state index in [4.69, 9.17) is 0 Å². The van der Waals surface area contributed by atoms with Gasteiger partial charge in [-0.05, 0) is 24.8 Å². The van der Waals surface area contributed by atoms with E-state index < -0.39 is 0 Å². The zero-order valence-electron chi connectivity index (χ0n) is 28.4. The molecule has 0 fully saturated rings. The minimum atomic E-state index is 1.00. The first-order valence-corrected chi connectivity index (χ1v) is 19.0. The Morgan fingerprint density at radius 1 is 0.476 bits per heavy atom. The molecule has 42 heavy (non-hydrogen) atoms. The van der Waals surface area contributed by atoms with Gasteiger partial charge in [-0.25, -0.2) is 9.13 Å². The minimum Gasteiger partial charge on any atom is -0.234 e. The Morgan fingerprint density at radius 2 is 0.881 bits per heavy atom. The smallest absolute Gasteiger partial charge is 0.234 e. The fraction of sp³-hybridized carbons (Fsp3) is 0.775. The SMILES string of the molecule is CCCCCCCCCCCCCCCCCc1n(Cc2ccccc2)cc[n+]1CCCCCCCCCCCCC. The summed E-state index contributed by atoms with van der Waals surface area (Å²) in [5.41, 5.74) is 1.41. The molecule has 1 aromatic carbocycles. The maximum Gasteiger partial charge on any atom is 0.256 e. The average Bonchev–Trinajstić information content (AvgIpc) is 3.39. The van der Waals surface area contributed by atoms with Gasteiger partial charge in [-0.3, -0.25) is 0 Å². The second kappa shape index (κ2) is 27.0. The summed E-state index contributed by atoms with van der Waals surface area (Å²) in [6.07, 6.45) is 43.0. The van der Waals surface area contributed by atoms with E-state index in [0.29, 0.717) is 0 Å². The van der Waals surface area contributed by atoms with Crippen molar-refractivity contribution in [3.8, 4) is 0 Å². The van der Waals surface area contributed by atoms with Crippen LogP contribution in [0.25, 0.3) is 0 Å². The lowest BCUT2D eigenvalue weighted by molar-refractivity contribution is -0.704. The molecule has 0 spiro atoms. The summed E-state index contributed by atoms with van der Waals surface area (Å²) in [4.78, 5) is 0. The number of benzene rings is 1. The first-order valence-electron chi connectivity index (χ1n) is 19.0. The van der Waals surface area contributed by atoms with Gasteiger partial charge in [0.05, 0.1) is 6.54 Å². The molecule has 0 radical (unpaired) electrons. The summed E-state index contributed by atoms with van der Waals surface area (Å²) in [5.74, 6) is 1.54. The third-order valence-corrected chi connectivity index (χ3v) is 9.29. The van der Waals surface area contributed by atoms with Crippen molar-refractivity contribution < 1.29 is 4.57 Å². The summed E-state index contributed by atoms with van der Waals surface area (Å²) in [6.45, 7) is 6.80. The number of aromatic nitrogens is 2. The van der Waals surface area contributed by atoms with E-state index in [1.54, 1.807) is 5.82 Å². The van der Waals surface area contributed by atoms with Crippen molar-refractivity contribution in [2.75, 3.05) is 0 Å². The van der Waals surface area contributed by atoms with Crippen LogP contribution in [0.1, 0.15) is 192 Å². The summed E-state index contributed by atoms with van der Waals surface area (Å²) in [5, 5.41) is 0. The Labute approximate surface area is 263 Å². The highest BCUT2D eigenvalue weighted by molar-refractivity contribution is 5.15. The van der Waals surface area contributed by atoms with E-state index in [-0.39, 0.29) is 0 Å². The van der Waals surface area contributed by atoms with E-state index in [1.165, 1.54) is 185 Å². The second-order valence-electron chi connectivity index (χ2n) is 13.3. The zero-order chi connectivity index (χ0) is 29.8. The van der Waals surface area contributed by atoms with Crippen LogP contribution in [0.4, 0.5) is 0 Å². The summed E-state index contributed by atoms with van der Waals surface area (Å²) in [7, 11) is 0. The van der Waals surface area contributed by atoms with Gasteiger partial charge in [-0.15, -0.1) is 0 Å². The maximum absolute atomic E-state index is 2.58. The molecule has 1 heterocycles. The van der Waals surface area contributed by atoms with Gasteiger partial charge in [0.25, 0.3) is 5.82 Å². The van der Waals surface area contributed by atoms with Crippen LogP contribution in [0.15, 0.2) is 42.7 Å². The van der Waals surface area contributed by atoms with Gasteiger partial charge in [0.15, 0.2) is 0 Å². The van der Waals surface area contributed by atoms with Gasteiger partial charge in [-0.2, -0.15) is 0 Å². The van der Waals surface area contributed by atoms with Crippen molar-refractivity contribution in [1.29, 1.82) is 0 Å². The van der Waals surface area contributed by atoms with Gasteiger partial charge in [0.1, 0.15) is 18.9 Å². The molecular weight excluding hydrogens is 508 g/mol. The number of unbranched alkanes of at least 4 members (excludes halogenated alkanes) is 24. The van der Waals surface area contributed by atoms with Gasteiger partial charge in [0, 0.05) is 6.42 Å². The molecule has 0 aliphatic rings. The van der Waals surface area contributed by atoms with E-state index in [2.05, 4.69) is 65.7 Å². The molecule has 0 saturated heterocycles. The molecule has 2 rings (SSSR count). The molecule has 0 aliphatic heterocycles. The van der Waals surface area contributed by atoms with Gasteiger partial charge in [0.2, 0.25) is 0 Å². The Kier molecular flexibility index (Phi) is 23.6. The van der Waals surface area contributed by atoms with Crippen molar-refractivity contribution in [2.24, 2.45) is 0 Å². The third-order valence-electron chi connectivity index (χ3n) is 9.29. The largest absolute Gasteiger partial charge is 0.256 e. The van der Waals surface area contributed by atoms with Crippen molar-refractivity contribution in [1.82, 2.24) is 4.57 Å². The molecule has 0 saturated carbocycles. The topological polar surface area (TPSA) is 8.81 Å². The van der Waals surface area contributed by atoms with Crippen LogP contribution in [-0.4, -0.2) is 4.57 Å². The maximum atomic E-state index is 2.58. The summed E-state index contributed by atoms with van der Waals surface area (Å²) in [6, 6.07) is 11.0. The number of hydrogen-bond acceptors (Lipinski definition) is 0. The molecule has 2 heteroatoms. The molecule has 0 aliphatic carbocycles. The van der Waals surface area contributed by atoms with Crippen LogP contribution >= 0.6 is 0 Å². The van der Waals surface area contributed by atoms with E-state index in [1.807, 2.05) is 0 Å². The fourth-order valence-corrected chi connectivity index (χ4v) is 6.51. The molecular formula is C40H71N2+. The van der Waals surface area contributed by atoms with Crippen LogP contribution in [0, 0.1) is 0 Å². The number of hydrogen-bond donors (Lipinski definition) is 0. The standard InChI is InChI=1S/C40H71N2/c1-3-5-7-9-11-13-15-16-17-18-19-21-23-25-30-34-40-41(36-37-42(40)38-39-32-28-27-29-33-39)35-31-26-24-22-20-14-12-10-8-6-4-2/h27-29,32-33,36-37H,3-26,30-31,34-35,38H2,1-2H3/q+1. The zero-order valence-corrected chi connectivity index (χ0v) is 28.4. The van der Waals surface area contributed by atoms with Crippen LogP contribution in [0.5, 0.6) is 0 Å². The van der Waals surface area contributed by atoms with Gasteiger partial charge < -0.3 is 0 Å². The molecule has 0 bridgehead atoms. The lowest BCUT2D eigenvalue weighted by atomic mass is 10.0. The van der Waals surface area contributed by atoms with Crippen LogP contribution in [0.2, 0.25) is 0 Å². The Bertz CT molecular complexity index is 823. The van der Waals surface area contributed by atoms with Crippen molar-refractivity contribution in [2.45, 2.75) is 200 Å². The summed E-state index contributed by atoms with van der Waals surface area (Å²) < 4.78 is 5.11. The van der Waals surface area contributed by atoms with Crippen LogP contribution in [0.3, 0.4) is 0 Å². The minimum absolute atomic E-state index is 1.00. The normalized spacial score (nSPS) is 11.5. The summed E-state index contributed by atoms with van der Waals surface area (Å²) >= 11 is 0. The molecule has 2 nitrogen and oxygen atoms in total. The van der Waals surface area contributed by atoms with Crippen molar-refractivity contribution >= 4 is 0 Å².